The summed E-state index contributed by atoms with van der Waals surface area (Å²) in [6, 6.07) is 10.0. The summed E-state index contributed by atoms with van der Waals surface area (Å²) < 4.78 is 41.1. The molecular weight excluding hydrogens is 403 g/mol. The van der Waals surface area contributed by atoms with Gasteiger partial charge in [-0.2, -0.15) is 0 Å². The van der Waals surface area contributed by atoms with E-state index in [4.69, 9.17) is 11.6 Å². The highest BCUT2D eigenvalue weighted by Crippen LogP contribution is 2.32. The van der Waals surface area contributed by atoms with Gasteiger partial charge in [0.25, 0.3) is 5.91 Å². The molecule has 3 rings (SSSR count). The van der Waals surface area contributed by atoms with Crippen molar-refractivity contribution in [2.75, 3.05) is 0 Å². The second-order valence-electron chi connectivity index (χ2n) is 7.16. The van der Waals surface area contributed by atoms with E-state index in [9.17, 15) is 17.6 Å². The first kappa shape index (κ1) is 20.8. The molecule has 0 aliphatic heterocycles. The maximum atomic E-state index is 14.2. The third kappa shape index (κ3) is 4.71. The zero-order chi connectivity index (χ0) is 20.5. The molecule has 0 aromatic heterocycles. The maximum Gasteiger partial charge on any atom is 0.254 e. The summed E-state index contributed by atoms with van der Waals surface area (Å²) in [5, 5.41) is 0.277. The van der Waals surface area contributed by atoms with Crippen LogP contribution in [0.1, 0.15) is 42.6 Å². The van der Waals surface area contributed by atoms with Crippen LogP contribution in [0.3, 0.4) is 0 Å². The predicted octanol–water partition coefficient (Wildman–Crippen LogP) is 3.97. The first-order valence-corrected chi connectivity index (χ1v) is 10.9. The quantitative estimate of drug-likeness (QED) is 0.731. The van der Waals surface area contributed by atoms with Gasteiger partial charge in [0.05, 0.1) is 11.4 Å². The molecule has 5 nitrogen and oxygen atoms in total. The van der Waals surface area contributed by atoms with Gasteiger partial charge >= 0.3 is 0 Å². The number of nitrogens with zero attached hydrogens (tertiary/aromatic N) is 1. The molecule has 1 saturated carbocycles. The molecule has 2 aromatic rings. The van der Waals surface area contributed by atoms with Gasteiger partial charge in [-0.05, 0) is 63.1 Å². The van der Waals surface area contributed by atoms with Crippen molar-refractivity contribution in [3.63, 3.8) is 0 Å². The van der Waals surface area contributed by atoms with Crippen LogP contribution in [-0.4, -0.2) is 31.3 Å². The standard InChI is InChI=1S/C20H22ClFN2O3S/c1-13(2)23-28(26,27)16-10-6-14(7-11-16)20(25)24(15-8-9-15)12-17-18(21)4-3-5-19(17)22/h3-7,10-11,13,15,23H,8-9,12H2,1-2H3. The molecule has 0 atom stereocenters. The van der Waals surface area contributed by atoms with Crippen molar-refractivity contribution >= 4 is 27.5 Å². The van der Waals surface area contributed by atoms with Crippen molar-refractivity contribution in [2.45, 2.75) is 50.2 Å². The molecule has 1 amide bonds. The van der Waals surface area contributed by atoms with E-state index >= 15 is 0 Å². The molecule has 0 spiro atoms. The summed E-state index contributed by atoms with van der Waals surface area (Å²) in [6.45, 7) is 3.54. The van der Waals surface area contributed by atoms with E-state index in [0.29, 0.717) is 5.56 Å². The van der Waals surface area contributed by atoms with Gasteiger partial charge in [0, 0.05) is 28.2 Å². The van der Waals surface area contributed by atoms with Gasteiger partial charge in [-0.1, -0.05) is 17.7 Å². The third-order valence-corrected chi connectivity index (χ3v) is 6.47. The molecule has 1 fully saturated rings. The van der Waals surface area contributed by atoms with E-state index in [1.54, 1.807) is 24.8 Å². The van der Waals surface area contributed by atoms with E-state index in [1.165, 1.54) is 36.4 Å². The fourth-order valence-electron chi connectivity index (χ4n) is 2.93. The van der Waals surface area contributed by atoms with Gasteiger partial charge < -0.3 is 4.90 Å². The summed E-state index contributed by atoms with van der Waals surface area (Å²) in [5.41, 5.74) is 0.632. The van der Waals surface area contributed by atoms with Gasteiger partial charge in [0.15, 0.2) is 0 Å². The molecule has 2 aromatic carbocycles. The Bertz CT molecular complexity index is 953. The van der Waals surface area contributed by atoms with Crippen LogP contribution in [0.25, 0.3) is 0 Å². The fraction of sp³-hybridized carbons (Fsp3) is 0.350. The SMILES string of the molecule is CC(C)NS(=O)(=O)c1ccc(C(=O)N(Cc2c(F)cccc2Cl)C2CC2)cc1. The van der Waals surface area contributed by atoms with Crippen LogP contribution in [0, 0.1) is 5.82 Å². The number of sulfonamides is 1. The van der Waals surface area contributed by atoms with Crippen molar-refractivity contribution in [1.82, 2.24) is 9.62 Å². The molecule has 0 bridgehead atoms. The van der Waals surface area contributed by atoms with Crippen molar-refractivity contribution in [1.29, 1.82) is 0 Å². The van der Waals surface area contributed by atoms with Gasteiger partial charge in [0.1, 0.15) is 5.82 Å². The second-order valence-corrected chi connectivity index (χ2v) is 9.29. The first-order valence-electron chi connectivity index (χ1n) is 9.05. The molecular formula is C20H22ClFN2O3S. The van der Waals surface area contributed by atoms with Crippen LogP contribution in [-0.2, 0) is 16.6 Å². The number of benzene rings is 2. The van der Waals surface area contributed by atoms with Crippen LogP contribution in [0.15, 0.2) is 47.4 Å². The highest BCUT2D eigenvalue weighted by Gasteiger charge is 2.34. The monoisotopic (exact) mass is 424 g/mol. The summed E-state index contributed by atoms with van der Waals surface area (Å²) in [5.74, 6) is -0.727. The van der Waals surface area contributed by atoms with Crippen LogP contribution in [0.4, 0.5) is 4.39 Å². The zero-order valence-corrected chi connectivity index (χ0v) is 17.2. The Morgan fingerprint density at radius 1 is 1.21 bits per heavy atom. The van der Waals surface area contributed by atoms with Gasteiger partial charge in [-0.15, -0.1) is 0 Å². The molecule has 0 unspecified atom stereocenters. The molecule has 1 N–H and O–H groups in total. The Balaban J connectivity index is 1.83. The summed E-state index contributed by atoms with van der Waals surface area (Å²) >= 11 is 6.11. The minimum Gasteiger partial charge on any atom is -0.331 e. The Kier molecular flexibility index (Phi) is 6.07. The summed E-state index contributed by atoms with van der Waals surface area (Å²) in [6.07, 6.45) is 1.70. The second kappa shape index (κ2) is 8.19. The number of nitrogens with one attached hydrogen (secondary N) is 1. The van der Waals surface area contributed by atoms with Crippen LogP contribution in [0.5, 0.6) is 0 Å². The molecule has 0 saturated heterocycles. The minimum atomic E-state index is -3.63. The lowest BCUT2D eigenvalue weighted by Crippen LogP contribution is -2.33. The molecule has 28 heavy (non-hydrogen) atoms. The molecule has 0 radical (unpaired) electrons. The molecule has 0 heterocycles. The normalized spacial score (nSPS) is 14.3. The Morgan fingerprint density at radius 3 is 2.39 bits per heavy atom. The lowest BCUT2D eigenvalue weighted by atomic mass is 10.1. The number of amides is 1. The van der Waals surface area contributed by atoms with E-state index in [1.807, 2.05) is 0 Å². The number of hydrogen-bond acceptors (Lipinski definition) is 3. The molecule has 1 aliphatic rings. The number of halogens is 2. The summed E-state index contributed by atoms with van der Waals surface area (Å²) in [4.78, 5) is 14.7. The smallest absolute Gasteiger partial charge is 0.254 e. The largest absolute Gasteiger partial charge is 0.331 e. The van der Waals surface area contributed by atoms with Crippen molar-refractivity contribution in [3.05, 3.63) is 64.4 Å². The minimum absolute atomic E-state index is 0.0363. The van der Waals surface area contributed by atoms with Crippen LogP contribution < -0.4 is 4.72 Å². The van der Waals surface area contributed by atoms with Gasteiger partial charge in [-0.3, -0.25) is 4.79 Å². The number of carbonyl (C=O) groups is 1. The van der Waals surface area contributed by atoms with E-state index in [2.05, 4.69) is 4.72 Å². The Hall–Kier alpha value is -1.96. The number of carbonyl (C=O) groups excluding carboxylic acids is 1. The van der Waals surface area contributed by atoms with Crippen molar-refractivity contribution in [2.24, 2.45) is 0 Å². The highest BCUT2D eigenvalue weighted by atomic mass is 35.5. The van der Waals surface area contributed by atoms with Gasteiger partial charge in [-0.25, -0.2) is 17.5 Å². The van der Waals surface area contributed by atoms with Crippen molar-refractivity contribution in [3.8, 4) is 0 Å². The fourth-order valence-corrected chi connectivity index (χ4v) is 4.40. The van der Waals surface area contributed by atoms with Crippen molar-refractivity contribution < 1.29 is 17.6 Å². The molecule has 8 heteroatoms. The molecule has 1 aliphatic carbocycles. The zero-order valence-electron chi connectivity index (χ0n) is 15.7. The van der Waals surface area contributed by atoms with E-state index in [-0.39, 0.29) is 40.0 Å². The Labute approximate surface area is 169 Å². The van der Waals surface area contributed by atoms with Gasteiger partial charge in [0.2, 0.25) is 10.0 Å². The molecule has 150 valence electrons. The van der Waals surface area contributed by atoms with E-state index in [0.717, 1.165) is 12.8 Å². The third-order valence-electron chi connectivity index (χ3n) is 4.44. The number of hydrogen-bond donors (Lipinski definition) is 1. The highest BCUT2D eigenvalue weighted by molar-refractivity contribution is 7.89. The van der Waals surface area contributed by atoms with E-state index < -0.39 is 15.8 Å². The first-order chi connectivity index (χ1) is 13.2. The average molecular weight is 425 g/mol. The lowest BCUT2D eigenvalue weighted by Gasteiger charge is -2.23. The summed E-state index contributed by atoms with van der Waals surface area (Å²) in [7, 11) is -3.63. The van der Waals surface area contributed by atoms with Crippen LogP contribution >= 0.6 is 11.6 Å². The Morgan fingerprint density at radius 2 is 1.86 bits per heavy atom. The maximum absolute atomic E-state index is 14.2. The van der Waals surface area contributed by atoms with Crippen LogP contribution in [0.2, 0.25) is 5.02 Å². The average Bonchev–Trinajstić information content (AvgIpc) is 3.45. The topological polar surface area (TPSA) is 66.5 Å². The lowest BCUT2D eigenvalue weighted by molar-refractivity contribution is 0.0728. The predicted molar refractivity (Wildman–Crippen MR) is 106 cm³/mol. The number of rotatable bonds is 7.